The second kappa shape index (κ2) is 10.6. The van der Waals surface area contributed by atoms with E-state index in [-0.39, 0.29) is 0 Å². The van der Waals surface area contributed by atoms with E-state index >= 15 is 0 Å². The van der Waals surface area contributed by atoms with Crippen LogP contribution in [-0.2, 0) is 6.42 Å². The summed E-state index contributed by atoms with van der Waals surface area (Å²) in [7, 11) is 1.83. The van der Waals surface area contributed by atoms with E-state index in [1.165, 1.54) is 32.1 Å². The Morgan fingerprint density at radius 2 is 2.19 bits per heavy atom. The van der Waals surface area contributed by atoms with E-state index in [0.717, 1.165) is 29.6 Å². The lowest BCUT2D eigenvalue weighted by Crippen LogP contribution is -2.42. The van der Waals surface area contributed by atoms with Crippen LogP contribution >= 0.6 is 11.3 Å². The van der Waals surface area contributed by atoms with Crippen molar-refractivity contribution in [1.29, 1.82) is 0 Å². The lowest BCUT2D eigenvalue weighted by molar-refractivity contribution is 0.537. The Labute approximate surface area is 133 Å². The van der Waals surface area contributed by atoms with E-state index in [0.29, 0.717) is 6.04 Å². The van der Waals surface area contributed by atoms with Gasteiger partial charge in [0.1, 0.15) is 0 Å². The quantitative estimate of drug-likeness (QED) is 0.417. The monoisotopic (exact) mass is 310 g/mol. The Morgan fingerprint density at radius 3 is 2.81 bits per heavy atom. The molecule has 0 radical (unpaired) electrons. The fourth-order valence-corrected chi connectivity index (χ4v) is 2.86. The number of hydrogen-bond donors (Lipinski definition) is 2. The van der Waals surface area contributed by atoms with E-state index in [1.54, 1.807) is 11.3 Å². The zero-order valence-corrected chi connectivity index (χ0v) is 14.7. The highest BCUT2D eigenvalue weighted by Gasteiger charge is 2.05. The first-order valence-electron chi connectivity index (χ1n) is 8.04. The summed E-state index contributed by atoms with van der Waals surface area (Å²) in [6.45, 7) is 7.38. The second-order valence-corrected chi connectivity index (χ2v) is 6.56. The van der Waals surface area contributed by atoms with Crippen molar-refractivity contribution in [2.24, 2.45) is 4.99 Å². The molecule has 0 aliphatic carbocycles. The number of hydrogen-bond acceptors (Lipinski definition) is 3. The fourth-order valence-electron chi connectivity index (χ4n) is 2.21. The number of aliphatic imine (C=N–C) groups is 1. The van der Waals surface area contributed by atoms with Gasteiger partial charge in [-0.3, -0.25) is 4.99 Å². The van der Waals surface area contributed by atoms with Crippen LogP contribution in [0.4, 0.5) is 0 Å². The number of rotatable bonds is 9. The Balaban J connectivity index is 2.19. The van der Waals surface area contributed by atoms with Crippen LogP contribution < -0.4 is 10.6 Å². The molecule has 1 aromatic heterocycles. The molecule has 0 spiro atoms. The first-order valence-corrected chi connectivity index (χ1v) is 8.91. The number of unbranched alkanes of at least 4 members (excludes halogenated alkanes) is 3. The molecule has 1 rings (SSSR count). The van der Waals surface area contributed by atoms with Crippen LogP contribution in [0, 0.1) is 6.92 Å². The number of aryl methyl sites for hydroxylation is 1. The summed E-state index contributed by atoms with van der Waals surface area (Å²) in [5.41, 5.74) is 1.16. The van der Waals surface area contributed by atoms with Crippen molar-refractivity contribution in [3.63, 3.8) is 0 Å². The van der Waals surface area contributed by atoms with E-state index in [1.807, 2.05) is 14.0 Å². The molecule has 0 amide bonds. The summed E-state index contributed by atoms with van der Waals surface area (Å²) in [5, 5.41) is 10.1. The summed E-state index contributed by atoms with van der Waals surface area (Å²) in [5.74, 6) is 0.893. The summed E-state index contributed by atoms with van der Waals surface area (Å²) in [4.78, 5) is 8.76. The summed E-state index contributed by atoms with van der Waals surface area (Å²) < 4.78 is 0. The Kier molecular flexibility index (Phi) is 9.06. The molecule has 0 fully saturated rings. The Hall–Kier alpha value is -1.10. The zero-order chi connectivity index (χ0) is 15.5. The van der Waals surface area contributed by atoms with Gasteiger partial charge in [0.15, 0.2) is 5.96 Å². The number of guanidine groups is 1. The SMILES string of the molecule is CCCCCCC(C)NC(=NC)NCCc1csc(C)n1. The van der Waals surface area contributed by atoms with Crippen molar-refractivity contribution in [3.05, 3.63) is 16.1 Å². The van der Waals surface area contributed by atoms with Crippen molar-refractivity contribution >= 4 is 17.3 Å². The molecule has 2 N–H and O–H groups in total. The smallest absolute Gasteiger partial charge is 0.191 e. The van der Waals surface area contributed by atoms with Gasteiger partial charge in [-0.15, -0.1) is 11.3 Å². The van der Waals surface area contributed by atoms with Gasteiger partial charge in [-0.2, -0.15) is 0 Å². The molecule has 1 heterocycles. The highest BCUT2D eigenvalue weighted by Crippen LogP contribution is 2.08. The van der Waals surface area contributed by atoms with Crippen molar-refractivity contribution in [1.82, 2.24) is 15.6 Å². The molecule has 4 nitrogen and oxygen atoms in total. The average Bonchev–Trinajstić information content (AvgIpc) is 2.88. The highest BCUT2D eigenvalue weighted by molar-refractivity contribution is 7.09. The van der Waals surface area contributed by atoms with Crippen LogP contribution in [0.3, 0.4) is 0 Å². The molecule has 1 unspecified atom stereocenters. The van der Waals surface area contributed by atoms with Crippen LogP contribution in [0.25, 0.3) is 0 Å². The van der Waals surface area contributed by atoms with Crippen molar-refractivity contribution < 1.29 is 0 Å². The zero-order valence-electron chi connectivity index (χ0n) is 13.9. The van der Waals surface area contributed by atoms with Gasteiger partial charge in [-0.25, -0.2) is 4.98 Å². The minimum Gasteiger partial charge on any atom is -0.356 e. The average molecular weight is 311 g/mol. The number of nitrogens with zero attached hydrogens (tertiary/aromatic N) is 2. The molecule has 0 aliphatic rings. The third-order valence-corrected chi connectivity index (χ3v) is 4.26. The van der Waals surface area contributed by atoms with Crippen LogP contribution in [-0.4, -0.2) is 30.6 Å². The molecule has 120 valence electrons. The lowest BCUT2D eigenvalue weighted by Gasteiger charge is -2.17. The van der Waals surface area contributed by atoms with Gasteiger partial charge in [-0.05, 0) is 20.3 Å². The molecule has 1 atom stereocenters. The van der Waals surface area contributed by atoms with Gasteiger partial charge in [0.05, 0.1) is 10.7 Å². The predicted molar refractivity (Wildman–Crippen MR) is 93.3 cm³/mol. The van der Waals surface area contributed by atoms with Crippen molar-refractivity contribution in [2.45, 2.75) is 65.3 Å². The molecule has 0 saturated carbocycles. The van der Waals surface area contributed by atoms with Gasteiger partial charge in [0, 0.05) is 31.4 Å². The predicted octanol–water partition coefficient (Wildman–Crippen LogP) is 3.52. The number of aromatic nitrogens is 1. The summed E-state index contributed by atoms with van der Waals surface area (Å²) >= 11 is 1.71. The van der Waals surface area contributed by atoms with E-state index in [2.05, 4.69) is 39.8 Å². The van der Waals surface area contributed by atoms with Gasteiger partial charge in [0.25, 0.3) is 0 Å². The molecule has 0 bridgehead atoms. The van der Waals surface area contributed by atoms with Gasteiger partial charge >= 0.3 is 0 Å². The lowest BCUT2D eigenvalue weighted by atomic mass is 10.1. The minimum atomic E-state index is 0.467. The normalized spacial score (nSPS) is 13.2. The van der Waals surface area contributed by atoms with Gasteiger partial charge in [-0.1, -0.05) is 32.6 Å². The molecule has 1 aromatic rings. The molecule has 0 aliphatic heterocycles. The molecule has 21 heavy (non-hydrogen) atoms. The van der Waals surface area contributed by atoms with Crippen LogP contribution in [0.1, 0.15) is 56.7 Å². The molecular formula is C16H30N4S. The number of thiazole rings is 1. The maximum Gasteiger partial charge on any atom is 0.191 e. The third kappa shape index (κ3) is 8.05. The largest absolute Gasteiger partial charge is 0.356 e. The fraction of sp³-hybridized carbons (Fsp3) is 0.750. The Bertz CT molecular complexity index is 414. The van der Waals surface area contributed by atoms with Crippen LogP contribution in [0.5, 0.6) is 0 Å². The molecule has 0 saturated heterocycles. The summed E-state index contributed by atoms with van der Waals surface area (Å²) in [6.07, 6.45) is 7.39. The van der Waals surface area contributed by atoms with E-state index in [4.69, 9.17) is 0 Å². The van der Waals surface area contributed by atoms with Crippen molar-refractivity contribution in [3.8, 4) is 0 Å². The van der Waals surface area contributed by atoms with Gasteiger partial charge in [0.2, 0.25) is 0 Å². The molecular weight excluding hydrogens is 280 g/mol. The van der Waals surface area contributed by atoms with Crippen LogP contribution in [0.2, 0.25) is 0 Å². The maximum absolute atomic E-state index is 4.47. The first-order chi connectivity index (χ1) is 10.2. The Morgan fingerprint density at radius 1 is 1.38 bits per heavy atom. The van der Waals surface area contributed by atoms with E-state index in [9.17, 15) is 0 Å². The minimum absolute atomic E-state index is 0.467. The first kappa shape index (κ1) is 18.0. The third-order valence-electron chi connectivity index (χ3n) is 3.44. The summed E-state index contributed by atoms with van der Waals surface area (Å²) in [6, 6.07) is 0.467. The standard InChI is InChI=1S/C16H30N4S/c1-5-6-7-8-9-13(2)19-16(17-4)18-11-10-15-12-21-14(3)20-15/h12-13H,5-11H2,1-4H3,(H2,17,18,19). The molecule has 0 aromatic carbocycles. The van der Waals surface area contributed by atoms with Crippen molar-refractivity contribution in [2.75, 3.05) is 13.6 Å². The van der Waals surface area contributed by atoms with E-state index < -0.39 is 0 Å². The van der Waals surface area contributed by atoms with Gasteiger partial charge < -0.3 is 10.6 Å². The number of nitrogens with one attached hydrogen (secondary N) is 2. The molecule has 5 heteroatoms. The topological polar surface area (TPSA) is 49.3 Å². The van der Waals surface area contributed by atoms with Crippen LogP contribution in [0.15, 0.2) is 10.4 Å². The highest BCUT2D eigenvalue weighted by atomic mass is 32.1. The second-order valence-electron chi connectivity index (χ2n) is 5.50. The maximum atomic E-state index is 4.47.